The summed E-state index contributed by atoms with van der Waals surface area (Å²) in [5.74, 6) is -0.739. The predicted octanol–water partition coefficient (Wildman–Crippen LogP) is 4.27. The van der Waals surface area contributed by atoms with Gasteiger partial charge in [-0.3, -0.25) is 4.79 Å². The Labute approximate surface area is 104 Å². The van der Waals surface area contributed by atoms with Crippen molar-refractivity contribution < 1.29 is 9.90 Å². The van der Waals surface area contributed by atoms with Crippen LogP contribution in [0.5, 0.6) is 0 Å². The zero-order valence-corrected chi connectivity index (χ0v) is 10.5. The topological polar surface area (TPSA) is 37.3 Å². The summed E-state index contributed by atoms with van der Waals surface area (Å²) in [5, 5.41) is 8.41. The Morgan fingerprint density at radius 3 is 1.82 bits per heavy atom. The Kier molecular flexibility index (Phi) is 11.3. The summed E-state index contributed by atoms with van der Waals surface area (Å²) in [6.07, 6.45) is 20.3. The average molecular weight is 234 g/mol. The third-order valence-corrected chi connectivity index (χ3v) is 2.08. The van der Waals surface area contributed by atoms with Crippen molar-refractivity contribution in [3.8, 4) is 0 Å². The number of hydrogen-bond acceptors (Lipinski definition) is 1. The fourth-order valence-electron chi connectivity index (χ4n) is 1.18. The molecule has 0 fully saturated rings. The maximum atomic E-state index is 10.2. The number of carboxylic acids is 1. The van der Waals surface area contributed by atoms with Gasteiger partial charge in [0, 0.05) is 6.42 Å². The Hall–Kier alpha value is -1.57. The lowest BCUT2D eigenvalue weighted by Crippen LogP contribution is -1.91. The van der Waals surface area contributed by atoms with Crippen molar-refractivity contribution in [1.29, 1.82) is 0 Å². The summed E-state index contributed by atoms with van der Waals surface area (Å²) in [5.41, 5.74) is 0. The summed E-state index contributed by atoms with van der Waals surface area (Å²) in [7, 11) is 0. The van der Waals surface area contributed by atoms with E-state index in [1.165, 1.54) is 0 Å². The Bertz CT molecular complexity index is 296. The van der Waals surface area contributed by atoms with Gasteiger partial charge in [-0.15, -0.1) is 0 Å². The first-order valence-corrected chi connectivity index (χ1v) is 6.05. The second-order valence-corrected chi connectivity index (χ2v) is 3.62. The minimum atomic E-state index is -0.739. The molecular formula is C15H22O2. The molecule has 0 saturated carbocycles. The van der Waals surface area contributed by atoms with Crippen molar-refractivity contribution in [1.82, 2.24) is 0 Å². The highest BCUT2D eigenvalue weighted by Gasteiger charge is 1.90. The number of allylic oxidation sites excluding steroid dienone is 8. The molecule has 17 heavy (non-hydrogen) atoms. The van der Waals surface area contributed by atoms with Crippen LogP contribution >= 0.6 is 0 Å². The molecule has 0 spiro atoms. The first-order valence-electron chi connectivity index (χ1n) is 6.05. The molecule has 94 valence electrons. The lowest BCUT2D eigenvalue weighted by atomic mass is 10.2. The highest BCUT2D eigenvalue weighted by molar-refractivity contribution is 5.66. The first-order chi connectivity index (χ1) is 8.27. The van der Waals surface area contributed by atoms with Gasteiger partial charge in [0.15, 0.2) is 0 Å². The average Bonchev–Trinajstić information content (AvgIpc) is 2.30. The molecule has 0 aliphatic rings. The van der Waals surface area contributed by atoms with E-state index in [0.29, 0.717) is 6.42 Å². The van der Waals surface area contributed by atoms with Crippen LogP contribution < -0.4 is 0 Å². The van der Waals surface area contributed by atoms with Gasteiger partial charge in [0.2, 0.25) is 0 Å². The summed E-state index contributed by atoms with van der Waals surface area (Å²) < 4.78 is 0. The van der Waals surface area contributed by atoms with Crippen molar-refractivity contribution in [3.63, 3.8) is 0 Å². The summed E-state index contributed by atoms with van der Waals surface area (Å²) in [4.78, 5) is 10.2. The fraction of sp³-hybridized carbons (Fsp3) is 0.400. The van der Waals surface area contributed by atoms with E-state index in [9.17, 15) is 4.79 Å². The van der Waals surface area contributed by atoms with Gasteiger partial charge in [0.05, 0.1) is 0 Å². The quantitative estimate of drug-likeness (QED) is 0.605. The van der Waals surface area contributed by atoms with Crippen LogP contribution in [0.4, 0.5) is 0 Å². The molecule has 0 saturated heterocycles. The molecular weight excluding hydrogens is 212 g/mol. The van der Waals surface area contributed by atoms with Crippen LogP contribution in [-0.2, 0) is 4.79 Å². The van der Waals surface area contributed by atoms with Gasteiger partial charge < -0.3 is 5.11 Å². The van der Waals surface area contributed by atoms with E-state index in [0.717, 1.165) is 19.3 Å². The molecule has 0 aromatic rings. The molecule has 2 nitrogen and oxygen atoms in total. The molecule has 0 radical (unpaired) electrons. The van der Waals surface area contributed by atoms with Gasteiger partial charge in [0.1, 0.15) is 0 Å². The molecule has 0 aliphatic heterocycles. The monoisotopic (exact) mass is 234 g/mol. The summed E-state index contributed by atoms with van der Waals surface area (Å²) in [6.45, 7) is 2.02. The molecule has 0 atom stereocenters. The van der Waals surface area contributed by atoms with Gasteiger partial charge >= 0.3 is 5.97 Å². The van der Waals surface area contributed by atoms with Crippen LogP contribution in [0.25, 0.3) is 0 Å². The third-order valence-electron chi connectivity index (χ3n) is 2.08. The molecule has 0 rings (SSSR count). The van der Waals surface area contributed by atoms with Crippen molar-refractivity contribution in [2.45, 2.75) is 39.0 Å². The molecule has 0 aliphatic carbocycles. The fourth-order valence-corrected chi connectivity index (χ4v) is 1.18. The van der Waals surface area contributed by atoms with E-state index < -0.39 is 5.97 Å². The Morgan fingerprint density at radius 2 is 1.35 bits per heavy atom. The molecule has 0 bridgehead atoms. The second kappa shape index (κ2) is 12.5. The van der Waals surface area contributed by atoms with Crippen molar-refractivity contribution in [3.05, 3.63) is 48.6 Å². The predicted molar refractivity (Wildman–Crippen MR) is 73.0 cm³/mol. The van der Waals surface area contributed by atoms with Gasteiger partial charge in [0.25, 0.3) is 0 Å². The molecule has 2 heteroatoms. The lowest BCUT2D eigenvalue weighted by Gasteiger charge is -1.87. The maximum absolute atomic E-state index is 10.2. The smallest absolute Gasteiger partial charge is 0.303 e. The zero-order chi connectivity index (χ0) is 12.8. The van der Waals surface area contributed by atoms with Gasteiger partial charge in [-0.2, -0.15) is 0 Å². The van der Waals surface area contributed by atoms with Gasteiger partial charge in [-0.05, 0) is 32.6 Å². The van der Waals surface area contributed by atoms with Crippen molar-refractivity contribution in [2.75, 3.05) is 0 Å². The largest absolute Gasteiger partial charge is 0.481 e. The molecule has 0 unspecified atom stereocenters. The number of carbonyl (C=O) groups is 1. The van der Waals surface area contributed by atoms with Crippen LogP contribution in [0, 0.1) is 0 Å². The Balaban J connectivity index is 3.41. The summed E-state index contributed by atoms with van der Waals surface area (Å²) >= 11 is 0. The standard InChI is InChI=1S/C15H22O2/c1-2-3-4-5-6-7-8-9-10-11-12-13-14-15(16)17/h2-3,5-6,8-9,11-12H,4,7,10,13-14H2,1H3,(H,16,17)/b3-2-,6-5-,9-8-,12-11-. The molecule has 0 amide bonds. The van der Waals surface area contributed by atoms with Crippen molar-refractivity contribution >= 4 is 5.97 Å². The van der Waals surface area contributed by atoms with Crippen LogP contribution in [0.2, 0.25) is 0 Å². The molecule has 0 aromatic heterocycles. The van der Waals surface area contributed by atoms with Gasteiger partial charge in [-0.1, -0.05) is 48.6 Å². The SMILES string of the molecule is C/C=C\C/C=C\C/C=C\C/C=C\CCC(=O)O. The summed E-state index contributed by atoms with van der Waals surface area (Å²) in [6, 6.07) is 0. The first kappa shape index (κ1) is 15.4. The van der Waals surface area contributed by atoms with Crippen LogP contribution in [0.15, 0.2) is 48.6 Å². The highest BCUT2D eigenvalue weighted by Crippen LogP contribution is 1.96. The highest BCUT2D eigenvalue weighted by atomic mass is 16.4. The molecule has 0 aromatic carbocycles. The molecule has 0 heterocycles. The van der Waals surface area contributed by atoms with E-state index in [-0.39, 0.29) is 6.42 Å². The van der Waals surface area contributed by atoms with Crippen LogP contribution in [0.3, 0.4) is 0 Å². The normalized spacial score (nSPS) is 12.5. The Morgan fingerprint density at radius 1 is 0.882 bits per heavy atom. The minimum Gasteiger partial charge on any atom is -0.481 e. The molecule has 1 N–H and O–H groups in total. The zero-order valence-electron chi connectivity index (χ0n) is 10.5. The lowest BCUT2D eigenvalue weighted by molar-refractivity contribution is -0.136. The maximum Gasteiger partial charge on any atom is 0.303 e. The van der Waals surface area contributed by atoms with E-state index >= 15 is 0 Å². The van der Waals surface area contributed by atoms with E-state index in [1.807, 2.05) is 25.2 Å². The minimum absolute atomic E-state index is 0.216. The van der Waals surface area contributed by atoms with Crippen LogP contribution in [-0.4, -0.2) is 11.1 Å². The van der Waals surface area contributed by atoms with Gasteiger partial charge in [-0.25, -0.2) is 0 Å². The van der Waals surface area contributed by atoms with E-state index in [2.05, 4.69) is 30.4 Å². The number of aliphatic carboxylic acids is 1. The number of hydrogen-bond donors (Lipinski definition) is 1. The number of carboxylic acid groups (broad SMARTS) is 1. The second-order valence-electron chi connectivity index (χ2n) is 3.62. The van der Waals surface area contributed by atoms with E-state index in [4.69, 9.17) is 5.11 Å². The van der Waals surface area contributed by atoms with E-state index in [1.54, 1.807) is 0 Å². The third kappa shape index (κ3) is 14.4. The van der Waals surface area contributed by atoms with Crippen molar-refractivity contribution in [2.24, 2.45) is 0 Å². The van der Waals surface area contributed by atoms with Crippen LogP contribution in [0.1, 0.15) is 39.0 Å². The number of rotatable bonds is 9.